The molecule has 4 nitrogen and oxygen atoms in total. The highest BCUT2D eigenvalue weighted by Gasteiger charge is 2.04. The van der Waals surface area contributed by atoms with Gasteiger partial charge >= 0.3 is 0 Å². The first-order chi connectivity index (χ1) is 8.72. The van der Waals surface area contributed by atoms with E-state index in [2.05, 4.69) is 11.4 Å². The van der Waals surface area contributed by atoms with Gasteiger partial charge in [-0.2, -0.15) is 0 Å². The predicted molar refractivity (Wildman–Crippen MR) is 67.9 cm³/mol. The van der Waals surface area contributed by atoms with Crippen molar-refractivity contribution in [3.05, 3.63) is 42.5 Å². The Morgan fingerprint density at radius 2 is 1.94 bits per heavy atom. The summed E-state index contributed by atoms with van der Waals surface area (Å²) in [5.41, 5.74) is 1.37. The van der Waals surface area contributed by atoms with Crippen molar-refractivity contribution in [3.8, 4) is 17.2 Å². The van der Waals surface area contributed by atoms with Crippen LogP contribution in [-0.2, 0) is 0 Å². The second-order valence-electron chi connectivity index (χ2n) is 3.58. The molecule has 0 bridgehead atoms. The largest absolute Gasteiger partial charge is 0.504 e. The van der Waals surface area contributed by atoms with Crippen molar-refractivity contribution in [3.63, 3.8) is 0 Å². The molecule has 2 aromatic carbocycles. The zero-order valence-electron chi connectivity index (χ0n) is 10.2. The minimum absolute atomic E-state index is 0.0927. The van der Waals surface area contributed by atoms with E-state index in [-0.39, 0.29) is 5.75 Å². The van der Waals surface area contributed by atoms with Crippen LogP contribution in [0.15, 0.2) is 36.4 Å². The Kier molecular flexibility index (Phi) is 3.57. The number of methoxy groups -OCH3 is 2. The number of nitrogens with zero attached hydrogens (tertiary/aromatic N) is 1. The number of hydrogen-bond acceptors (Lipinski definition) is 3. The normalized spacial score (nSPS) is 9.89. The summed E-state index contributed by atoms with van der Waals surface area (Å²) in [6, 6.07) is 13.2. The van der Waals surface area contributed by atoms with Crippen molar-refractivity contribution < 1.29 is 14.6 Å². The third-order valence-corrected chi connectivity index (χ3v) is 2.42. The first kappa shape index (κ1) is 12.1. The summed E-state index contributed by atoms with van der Waals surface area (Å²) >= 11 is 0. The van der Waals surface area contributed by atoms with Crippen LogP contribution in [0, 0.1) is 6.07 Å². The second kappa shape index (κ2) is 5.31. The Hall–Kier alpha value is -2.36. The molecule has 0 saturated carbocycles. The standard InChI is InChI=1S/C14H13NO3/c1-17-12-6-3-10(4-7-12)15-11-5-8-13(16)14(9-11)18-2/h3,5-9,16H,1-2H3. The summed E-state index contributed by atoms with van der Waals surface area (Å²) in [5, 5.41) is 13.8. The quantitative estimate of drug-likeness (QED) is 0.898. The number of benzene rings is 2. The van der Waals surface area contributed by atoms with E-state index in [4.69, 9.17) is 9.47 Å². The van der Waals surface area contributed by atoms with E-state index < -0.39 is 0 Å². The van der Waals surface area contributed by atoms with Gasteiger partial charge in [-0.1, -0.05) is 0 Å². The van der Waals surface area contributed by atoms with Crippen LogP contribution in [0.25, 0.3) is 0 Å². The van der Waals surface area contributed by atoms with Gasteiger partial charge in [-0.05, 0) is 30.3 Å². The molecule has 4 heteroatoms. The lowest BCUT2D eigenvalue weighted by Gasteiger charge is -2.07. The third-order valence-electron chi connectivity index (χ3n) is 2.42. The minimum Gasteiger partial charge on any atom is -0.504 e. The molecule has 2 rings (SSSR count). The van der Waals surface area contributed by atoms with Crippen molar-refractivity contribution in [2.45, 2.75) is 0 Å². The molecule has 0 amide bonds. The van der Waals surface area contributed by atoms with Gasteiger partial charge in [0.1, 0.15) is 5.75 Å². The summed E-state index contributed by atoms with van der Waals surface area (Å²) in [6.45, 7) is 0. The van der Waals surface area contributed by atoms with Crippen LogP contribution >= 0.6 is 0 Å². The van der Waals surface area contributed by atoms with Gasteiger partial charge in [0.05, 0.1) is 25.6 Å². The smallest absolute Gasteiger partial charge is 0.162 e. The van der Waals surface area contributed by atoms with Gasteiger partial charge in [0.15, 0.2) is 11.5 Å². The minimum atomic E-state index is 0.0927. The molecule has 0 fully saturated rings. The predicted octanol–water partition coefficient (Wildman–Crippen LogP) is 2.78. The molecule has 2 radical (unpaired) electrons. The third kappa shape index (κ3) is 2.66. The fourth-order valence-electron chi connectivity index (χ4n) is 1.47. The maximum absolute atomic E-state index is 9.48. The molecule has 18 heavy (non-hydrogen) atoms. The van der Waals surface area contributed by atoms with E-state index in [1.54, 1.807) is 37.4 Å². The van der Waals surface area contributed by atoms with Crippen LogP contribution in [0.5, 0.6) is 17.2 Å². The molecule has 0 heterocycles. The molecule has 0 unspecified atom stereocenters. The molecule has 1 N–H and O–H groups in total. The van der Waals surface area contributed by atoms with E-state index in [0.29, 0.717) is 17.1 Å². The lowest BCUT2D eigenvalue weighted by molar-refractivity contribution is 0.373. The van der Waals surface area contributed by atoms with Crippen molar-refractivity contribution in [1.29, 1.82) is 0 Å². The summed E-state index contributed by atoms with van der Waals surface area (Å²) in [5.74, 6) is 1.22. The molecule has 0 saturated heterocycles. The zero-order valence-corrected chi connectivity index (χ0v) is 10.2. The van der Waals surface area contributed by atoms with Gasteiger partial charge in [-0.3, -0.25) is 0 Å². The Balaban J connectivity index is 2.17. The fourth-order valence-corrected chi connectivity index (χ4v) is 1.47. The number of phenols is 1. The van der Waals surface area contributed by atoms with Gasteiger partial charge in [-0.15, -0.1) is 0 Å². The van der Waals surface area contributed by atoms with E-state index in [0.717, 1.165) is 5.75 Å². The van der Waals surface area contributed by atoms with E-state index >= 15 is 0 Å². The molecule has 0 atom stereocenters. The molecule has 0 aliphatic carbocycles. The maximum atomic E-state index is 9.48. The van der Waals surface area contributed by atoms with Crippen LogP contribution in [-0.4, -0.2) is 19.3 Å². The Labute approximate surface area is 106 Å². The lowest BCUT2D eigenvalue weighted by atomic mass is 10.2. The number of aromatic hydroxyl groups is 1. The topological polar surface area (TPSA) is 52.8 Å². The molecule has 2 aromatic rings. The Morgan fingerprint density at radius 1 is 1.11 bits per heavy atom. The van der Waals surface area contributed by atoms with E-state index in [1.807, 2.05) is 6.07 Å². The fraction of sp³-hybridized carbons (Fsp3) is 0.143. The monoisotopic (exact) mass is 243 g/mol. The van der Waals surface area contributed by atoms with Gasteiger partial charge in [0, 0.05) is 12.1 Å². The second-order valence-corrected chi connectivity index (χ2v) is 3.58. The summed E-state index contributed by atoms with van der Waals surface area (Å²) in [7, 11) is 3.10. The van der Waals surface area contributed by atoms with Crippen LogP contribution in [0.4, 0.5) is 11.4 Å². The summed E-state index contributed by atoms with van der Waals surface area (Å²) in [6.07, 6.45) is 0. The van der Waals surface area contributed by atoms with Gasteiger partial charge in [0.2, 0.25) is 0 Å². The molecule has 0 aliphatic heterocycles. The first-order valence-corrected chi connectivity index (χ1v) is 5.37. The van der Waals surface area contributed by atoms with Crippen molar-refractivity contribution in [1.82, 2.24) is 5.32 Å². The molecule has 92 valence electrons. The van der Waals surface area contributed by atoms with Gasteiger partial charge in [0.25, 0.3) is 0 Å². The highest BCUT2D eigenvalue weighted by molar-refractivity contribution is 5.55. The van der Waals surface area contributed by atoms with Crippen LogP contribution in [0.1, 0.15) is 0 Å². The van der Waals surface area contributed by atoms with Gasteiger partial charge < -0.3 is 14.6 Å². The van der Waals surface area contributed by atoms with Crippen molar-refractivity contribution in [2.24, 2.45) is 0 Å². The van der Waals surface area contributed by atoms with Crippen LogP contribution in [0.3, 0.4) is 0 Å². The highest BCUT2D eigenvalue weighted by Crippen LogP contribution is 2.30. The van der Waals surface area contributed by atoms with Crippen LogP contribution < -0.4 is 14.8 Å². The summed E-state index contributed by atoms with van der Waals surface area (Å²) < 4.78 is 10.1. The maximum Gasteiger partial charge on any atom is 0.162 e. The Morgan fingerprint density at radius 3 is 2.56 bits per heavy atom. The SMILES string of the molecule is COc1c[c]c([N]c2ccc(O)c(OC)c2)cc1. The average molecular weight is 243 g/mol. The van der Waals surface area contributed by atoms with Gasteiger partial charge in [-0.25, -0.2) is 5.32 Å². The van der Waals surface area contributed by atoms with Crippen molar-refractivity contribution in [2.75, 3.05) is 14.2 Å². The molecular weight excluding hydrogens is 230 g/mol. The van der Waals surface area contributed by atoms with E-state index in [1.165, 1.54) is 7.11 Å². The molecular formula is C14H13NO3. The first-order valence-electron chi connectivity index (χ1n) is 5.37. The molecule has 0 spiro atoms. The number of rotatable bonds is 4. The Bertz CT molecular complexity index is 523. The highest BCUT2D eigenvalue weighted by atomic mass is 16.5. The van der Waals surface area contributed by atoms with Crippen LogP contribution in [0.2, 0.25) is 0 Å². The number of phenolic OH excluding ortho intramolecular Hbond substituents is 1. The zero-order chi connectivity index (χ0) is 13.0. The number of ether oxygens (including phenoxy) is 2. The van der Waals surface area contributed by atoms with Crippen molar-refractivity contribution >= 4 is 11.4 Å². The van der Waals surface area contributed by atoms with E-state index in [9.17, 15) is 5.11 Å². The number of hydrogen-bond donors (Lipinski definition) is 1. The lowest BCUT2D eigenvalue weighted by Crippen LogP contribution is -1.91. The molecule has 0 aliphatic rings. The average Bonchev–Trinajstić information content (AvgIpc) is 2.42. The molecule has 0 aromatic heterocycles. The summed E-state index contributed by atoms with van der Waals surface area (Å²) in [4.78, 5) is 0.